The summed E-state index contributed by atoms with van der Waals surface area (Å²) in [6.07, 6.45) is 0.0376. The molecule has 0 aliphatic heterocycles. The minimum absolute atomic E-state index is 0.00957. The number of alkyl carbamates (subject to hydrolysis) is 1. The van der Waals surface area contributed by atoms with Crippen molar-refractivity contribution in [2.45, 2.75) is 65.3 Å². The van der Waals surface area contributed by atoms with Gasteiger partial charge in [-0.3, -0.25) is 15.4 Å². The molecule has 0 spiro atoms. The van der Waals surface area contributed by atoms with Gasteiger partial charge < -0.3 is 14.3 Å². The highest BCUT2D eigenvalue weighted by Gasteiger charge is 2.39. The quantitative estimate of drug-likeness (QED) is 0.279. The van der Waals surface area contributed by atoms with Crippen molar-refractivity contribution in [3.8, 4) is 5.75 Å². The molecule has 2 N–H and O–H groups in total. The Morgan fingerprint density at radius 2 is 1.73 bits per heavy atom. The first kappa shape index (κ1) is 25.2. The fourth-order valence-corrected chi connectivity index (χ4v) is 3.07. The van der Waals surface area contributed by atoms with Crippen LogP contribution in [0.4, 0.5) is 10.5 Å². The molecule has 0 saturated heterocycles. The highest BCUT2D eigenvalue weighted by atomic mass is 28.4. The second-order valence-corrected chi connectivity index (χ2v) is 14.1. The van der Waals surface area contributed by atoms with Crippen LogP contribution in [0, 0.1) is 10.1 Å². The summed E-state index contributed by atoms with van der Waals surface area (Å²) in [6, 6.07) is 4.14. The Labute approximate surface area is 177 Å². The number of nitro benzene ring substituents is 1. The predicted molar refractivity (Wildman–Crippen MR) is 116 cm³/mol. The number of ether oxygens (including phenoxy) is 1. The lowest BCUT2D eigenvalue weighted by atomic mass is 10.1. The highest BCUT2D eigenvalue weighted by molar-refractivity contribution is 6.74. The van der Waals surface area contributed by atoms with E-state index in [-0.39, 0.29) is 16.3 Å². The van der Waals surface area contributed by atoms with Crippen LogP contribution in [0.3, 0.4) is 0 Å². The van der Waals surface area contributed by atoms with Crippen LogP contribution in [0.25, 0.3) is 6.08 Å². The van der Waals surface area contributed by atoms with Crippen LogP contribution in [0.5, 0.6) is 5.75 Å². The summed E-state index contributed by atoms with van der Waals surface area (Å²) in [4.78, 5) is 34.3. The number of benzene rings is 1. The van der Waals surface area contributed by atoms with Gasteiger partial charge in [-0.1, -0.05) is 20.8 Å². The van der Waals surface area contributed by atoms with Gasteiger partial charge in [0.25, 0.3) is 5.69 Å². The second-order valence-electron chi connectivity index (χ2n) is 9.33. The van der Waals surface area contributed by atoms with E-state index in [1.165, 1.54) is 18.2 Å². The van der Waals surface area contributed by atoms with Crippen molar-refractivity contribution < 1.29 is 28.8 Å². The first-order valence-corrected chi connectivity index (χ1v) is 12.3. The van der Waals surface area contributed by atoms with E-state index >= 15 is 0 Å². The lowest BCUT2D eigenvalue weighted by Gasteiger charge is -2.36. The molecule has 0 bridgehead atoms. The van der Waals surface area contributed by atoms with Gasteiger partial charge in [0.1, 0.15) is 17.0 Å². The maximum atomic E-state index is 12.0. The van der Waals surface area contributed by atoms with Gasteiger partial charge in [0.05, 0.1) is 10.5 Å². The zero-order chi connectivity index (χ0) is 23.5. The molecule has 0 fully saturated rings. The molecule has 1 aromatic carbocycles. The van der Waals surface area contributed by atoms with Crippen molar-refractivity contribution in [2.75, 3.05) is 0 Å². The van der Waals surface area contributed by atoms with Crippen LogP contribution in [-0.4, -0.2) is 36.0 Å². The number of nitrogens with one attached hydrogen (secondary N) is 1. The molecule has 0 radical (unpaired) electrons. The predicted octanol–water partition coefficient (Wildman–Crippen LogP) is 4.93. The van der Waals surface area contributed by atoms with E-state index in [0.29, 0.717) is 5.75 Å². The minimum Gasteiger partial charge on any atom is -0.543 e. The summed E-state index contributed by atoms with van der Waals surface area (Å²) in [5.41, 5.74) is -1.72. The zero-order valence-corrected chi connectivity index (χ0v) is 19.7. The Hall–Kier alpha value is -2.88. The van der Waals surface area contributed by atoms with Crippen LogP contribution in [0.15, 0.2) is 23.9 Å². The fourth-order valence-electron chi connectivity index (χ4n) is 2.05. The Morgan fingerprint density at radius 3 is 2.17 bits per heavy atom. The van der Waals surface area contributed by atoms with Crippen molar-refractivity contribution in [1.82, 2.24) is 5.32 Å². The standard InChI is InChI=1S/C20H30N2O7Si/c1-19(2,3)28-18(25)21-15(17(23)24)12-13-11-14(9-10-16(13)22(26)27)29-30(7,8)20(4,5)6/h9-12H,1-8H3,(H,21,25)(H,23,24). The van der Waals surface area contributed by atoms with Gasteiger partial charge in [-0.05, 0) is 57.1 Å². The summed E-state index contributed by atoms with van der Waals surface area (Å²) < 4.78 is 11.2. The number of carboxylic acid groups (broad SMARTS) is 1. The van der Waals surface area contributed by atoms with E-state index in [1.54, 1.807) is 20.8 Å². The number of nitro groups is 1. The van der Waals surface area contributed by atoms with Crippen molar-refractivity contribution >= 4 is 32.1 Å². The lowest BCUT2D eigenvalue weighted by Crippen LogP contribution is -2.43. The summed E-state index contributed by atoms with van der Waals surface area (Å²) in [5.74, 6) is -1.08. The third-order valence-corrected chi connectivity index (χ3v) is 8.90. The van der Waals surface area contributed by atoms with Gasteiger partial charge in [0.2, 0.25) is 8.32 Å². The van der Waals surface area contributed by atoms with Crippen LogP contribution < -0.4 is 9.74 Å². The summed E-state index contributed by atoms with van der Waals surface area (Å²) in [7, 11) is -2.22. The maximum Gasteiger partial charge on any atom is 0.412 e. The molecule has 9 nitrogen and oxygen atoms in total. The van der Waals surface area contributed by atoms with Crippen molar-refractivity contribution in [3.63, 3.8) is 0 Å². The first-order valence-electron chi connectivity index (χ1n) is 9.35. The molecule has 0 unspecified atom stereocenters. The zero-order valence-electron chi connectivity index (χ0n) is 18.7. The third-order valence-electron chi connectivity index (χ3n) is 4.54. The molecule has 0 heterocycles. The van der Waals surface area contributed by atoms with Gasteiger partial charge >= 0.3 is 12.1 Å². The smallest absolute Gasteiger partial charge is 0.412 e. The van der Waals surface area contributed by atoms with Crippen molar-refractivity contribution in [3.05, 3.63) is 39.6 Å². The van der Waals surface area contributed by atoms with Crippen LogP contribution in [0.2, 0.25) is 18.1 Å². The monoisotopic (exact) mass is 438 g/mol. The normalized spacial score (nSPS) is 12.9. The van der Waals surface area contributed by atoms with Crippen LogP contribution in [0.1, 0.15) is 47.1 Å². The van der Waals surface area contributed by atoms with Gasteiger partial charge in [-0.2, -0.15) is 0 Å². The summed E-state index contributed by atoms with van der Waals surface area (Å²) in [5, 5.41) is 22.9. The molecular weight excluding hydrogens is 408 g/mol. The molecule has 30 heavy (non-hydrogen) atoms. The second kappa shape index (κ2) is 8.86. The summed E-state index contributed by atoms with van der Waals surface area (Å²) in [6.45, 7) is 15.1. The first-order chi connectivity index (χ1) is 13.4. The van der Waals surface area contributed by atoms with Gasteiger partial charge in [0, 0.05) is 6.07 Å². The SMILES string of the molecule is CC(C)(C)OC(=O)NC(=Cc1cc(O[Si](C)(C)C(C)(C)C)ccc1[N+](=O)[O-])C(=O)O. The molecule has 1 aromatic rings. The van der Waals surface area contributed by atoms with E-state index < -0.39 is 36.6 Å². The van der Waals surface area contributed by atoms with Crippen molar-refractivity contribution in [2.24, 2.45) is 0 Å². The van der Waals surface area contributed by atoms with E-state index in [9.17, 15) is 24.8 Å². The van der Waals surface area contributed by atoms with Gasteiger partial charge in [-0.15, -0.1) is 0 Å². The third kappa shape index (κ3) is 7.18. The molecule has 10 heteroatoms. The van der Waals surface area contributed by atoms with Crippen molar-refractivity contribution in [1.29, 1.82) is 0 Å². The molecular formula is C20H30N2O7Si. The molecule has 1 amide bonds. The van der Waals surface area contributed by atoms with E-state index in [4.69, 9.17) is 9.16 Å². The van der Waals surface area contributed by atoms with Gasteiger partial charge in [0.15, 0.2) is 0 Å². The highest BCUT2D eigenvalue weighted by Crippen LogP contribution is 2.38. The molecule has 0 aliphatic carbocycles. The number of carbonyl (C=O) groups is 2. The largest absolute Gasteiger partial charge is 0.543 e. The fraction of sp³-hybridized carbons (Fsp3) is 0.500. The molecule has 0 aliphatic rings. The number of hydrogen-bond donors (Lipinski definition) is 2. The minimum atomic E-state index is -2.22. The van der Waals surface area contributed by atoms with Gasteiger partial charge in [-0.25, -0.2) is 9.59 Å². The molecule has 0 saturated carbocycles. The number of amides is 1. The number of nitrogens with zero attached hydrogens (tertiary/aromatic N) is 1. The number of aliphatic carboxylic acids is 1. The number of carboxylic acids is 1. The van der Waals surface area contributed by atoms with E-state index in [0.717, 1.165) is 6.08 Å². The van der Waals surface area contributed by atoms with Crippen LogP contribution in [-0.2, 0) is 9.53 Å². The summed E-state index contributed by atoms with van der Waals surface area (Å²) >= 11 is 0. The Kier molecular flexibility index (Phi) is 7.43. The number of carbonyl (C=O) groups excluding carboxylic acids is 1. The van der Waals surface area contributed by atoms with E-state index in [1.807, 2.05) is 13.1 Å². The molecule has 0 aromatic heterocycles. The number of rotatable bonds is 6. The topological polar surface area (TPSA) is 128 Å². The Bertz CT molecular complexity index is 865. The Morgan fingerprint density at radius 1 is 1.17 bits per heavy atom. The lowest BCUT2D eigenvalue weighted by molar-refractivity contribution is -0.385. The van der Waals surface area contributed by atoms with E-state index in [2.05, 4.69) is 26.1 Å². The molecule has 1 rings (SSSR count). The van der Waals surface area contributed by atoms with Crippen LogP contribution >= 0.6 is 0 Å². The molecule has 166 valence electrons. The average molecular weight is 439 g/mol. The average Bonchev–Trinajstić information content (AvgIpc) is 2.50. The Balaban J connectivity index is 3.38. The maximum absolute atomic E-state index is 12.0. The number of hydrogen-bond acceptors (Lipinski definition) is 6. The molecule has 0 atom stereocenters.